The van der Waals surface area contributed by atoms with Crippen molar-refractivity contribution in [2.45, 2.75) is 16.3 Å². The fourth-order valence-electron chi connectivity index (χ4n) is 3.86. The Kier molecular flexibility index (Phi) is 5.78. The largest absolute Gasteiger partial charge is 0.505 e. The van der Waals surface area contributed by atoms with E-state index in [0.717, 1.165) is 11.8 Å². The highest BCUT2D eigenvalue weighted by atomic mass is 32.2. The lowest BCUT2D eigenvalue weighted by atomic mass is 10.1. The lowest BCUT2D eigenvalue weighted by Gasteiger charge is -2.15. The first-order chi connectivity index (χ1) is 16.9. The van der Waals surface area contributed by atoms with Crippen molar-refractivity contribution < 1.29 is 23.0 Å². The number of pyridine rings is 1. The van der Waals surface area contributed by atoms with Crippen LogP contribution in [-0.2, 0) is 6.54 Å². The molecule has 0 amide bonds. The average Bonchev–Trinajstić information content (AvgIpc) is 2.85. The number of hydrogen-bond donors (Lipinski definition) is 1. The van der Waals surface area contributed by atoms with E-state index in [9.17, 15) is 23.5 Å². The number of rotatable bonds is 5. The van der Waals surface area contributed by atoms with Crippen LogP contribution < -0.4 is 15.9 Å². The van der Waals surface area contributed by atoms with Crippen molar-refractivity contribution in [2.75, 3.05) is 7.11 Å². The van der Waals surface area contributed by atoms with Crippen molar-refractivity contribution in [3.05, 3.63) is 105 Å². The molecule has 0 aliphatic carbocycles. The minimum Gasteiger partial charge on any atom is -0.505 e. The molecule has 0 bridgehead atoms. The SMILES string of the molecule is COc1ccc2c3oc(=O)c(Sc4ccc(F)cc4)c(O)c3c(=O)n(Cc3ccccc3F)c2c1. The van der Waals surface area contributed by atoms with Crippen LogP contribution in [0.1, 0.15) is 5.56 Å². The fraction of sp³-hybridized carbons (Fsp3) is 0.0769. The summed E-state index contributed by atoms with van der Waals surface area (Å²) in [5.41, 5.74) is -1.02. The van der Waals surface area contributed by atoms with Crippen molar-refractivity contribution in [3.8, 4) is 11.5 Å². The Labute approximate surface area is 201 Å². The summed E-state index contributed by atoms with van der Waals surface area (Å²) in [4.78, 5) is 26.7. The summed E-state index contributed by atoms with van der Waals surface area (Å²) in [5.74, 6) is -1.07. The first kappa shape index (κ1) is 22.7. The van der Waals surface area contributed by atoms with Crippen molar-refractivity contribution in [1.82, 2.24) is 4.57 Å². The molecular formula is C26H17F2NO5S. The third-order valence-electron chi connectivity index (χ3n) is 5.58. The van der Waals surface area contributed by atoms with Crippen LogP contribution in [0.2, 0.25) is 0 Å². The van der Waals surface area contributed by atoms with Crippen LogP contribution in [0.25, 0.3) is 21.9 Å². The second-order valence-corrected chi connectivity index (χ2v) is 8.78. The van der Waals surface area contributed by atoms with Crippen molar-refractivity contribution in [2.24, 2.45) is 0 Å². The molecule has 0 radical (unpaired) electrons. The molecular weight excluding hydrogens is 476 g/mol. The summed E-state index contributed by atoms with van der Waals surface area (Å²) in [6.07, 6.45) is 0. The molecule has 0 aliphatic heterocycles. The standard InChI is InChI=1S/C26H17F2NO5S/c1-33-16-8-11-18-20(12-16)29(13-14-4-2-3-5-19(14)28)25(31)21-22(30)24(26(32)34-23(18)21)35-17-9-6-15(27)7-10-17/h2-12,30H,13H2,1H3. The summed E-state index contributed by atoms with van der Waals surface area (Å²) in [6, 6.07) is 16.1. The minimum atomic E-state index is -0.854. The molecule has 3 aromatic carbocycles. The quantitative estimate of drug-likeness (QED) is 0.335. The summed E-state index contributed by atoms with van der Waals surface area (Å²) < 4.78 is 39.8. The Hall–Kier alpha value is -4.11. The number of ether oxygens (including phenoxy) is 1. The second-order valence-electron chi connectivity index (χ2n) is 7.69. The van der Waals surface area contributed by atoms with Gasteiger partial charge in [0.1, 0.15) is 27.7 Å². The molecule has 176 valence electrons. The van der Waals surface area contributed by atoms with E-state index in [1.54, 1.807) is 36.4 Å². The van der Waals surface area contributed by atoms with E-state index in [2.05, 4.69) is 0 Å². The van der Waals surface area contributed by atoms with Crippen LogP contribution in [-0.4, -0.2) is 16.8 Å². The van der Waals surface area contributed by atoms with Gasteiger partial charge in [-0.1, -0.05) is 30.0 Å². The van der Waals surface area contributed by atoms with E-state index < -0.39 is 28.6 Å². The van der Waals surface area contributed by atoms with Gasteiger partial charge in [-0.3, -0.25) is 4.79 Å². The molecule has 35 heavy (non-hydrogen) atoms. The first-order valence-electron chi connectivity index (χ1n) is 10.4. The molecule has 5 rings (SSSR count). The van der Waals surface area contributed by atoms with E-state index in [-0.39, 0.29) is 28.0 Å². The van der Waals surface area contributed by atoms with Crippen LogP contribution in [0.3, 0.4) is 0 Å². The summed E-state index contributed by atoms with van der Waals surface area (Å²) >= 11 is 0.846. The van der Waals surface area contributed by atoms with Crippen LogP contribution in [0, 0.1) is 11.6 Å². The first-order valence-corrected chi connectivity index (χ1v) is 11.3. The van der Waals surface area contributed by atoms with Gasteiger partial charge >= 0.3 is 5.63 Å². The van der Waals surface area contributed by atoms with E-state index in [1.807, 2.05) is 0 Å². The van der Waals surface area contributed by atoms with Gasteiger partial charge in [-0.2, -0.15) is 0 Å². The third kappa shape index (κ3) is 4.04. The zero-order chi connectivity index (χ0) is 24.7. The predicted molar refractivity (Wildman–Crippen MR) is 128 cm³/mol. The molecule has 9 heteroatoms. The molecule has 0 saturated carbocycles. The fourth-order valence-corrected chi connectivity index (χ4v) is 4.69. The highest BCUT2D eigenvalue weighted by molar-refractivity contribution is 7.99. The Balaban J connectivity index is 1.81. The van der Waals surface area contributed by atoms with E-state index >= 15 is 0 Å². The number of nitrogens with zero attached hydrogens (tertiary/aromatic N) is 1. The molecule has 6 nitrogen and oxygen atoms in total. The summed E-state index contributed by atoms with van der Waals surface area (Å²) in [5, 5.41) is 11.2. The maximum absolute atomic E-state index is 14.5. The van der Waals surface area contributed by atoms with Gasteiger partial charge in [-0.25, -0.2) is 13.6 Å². The molecule has 1 N–H and O–H groups in total. The van der Waals surface area contributed by atoms with Crippen LogP contribution in [0.15, 0.2) is 90.5 Å². The van der Waals surface area contributed by atoms with Gasteiger partial charge in [0.15, 0.2) is 11.3 Å². The Morgan fingerprint density at radius 3 is 2.49 bits per heavy atom. The van der Waals surface area contributed by atoms with Crippen LogP contribution in [0.4, 0.5) is 8.78 Å². The number of methoxy groups -OCH3 is 1. The molecule has 0 aliphatic rings. The maximum atomic E-state index is 14.5. The van der Waals surface area contributed by atoms with E-state index in [1.165, 1.54) is 42.0 Å². The molecule has 0 atom stereocenters. The minimum absolute atomic E-state index is 0.0941. The molecule has 5 aromatic rings. The highest BCUT2D eigenvalue weighted by Crippen LogP contribution is 2.37. The Morgan fingerprint density at radius 1 is 1.03 bits per heavy atom. The van der Waals surface area contributed by atoms with Crippen molar-refractivity contribution in [3.63, 3.8) is 0 Å². The van der Waals surface area contributed by atoms with Crippen LogP contribution >= 0.6 is 11.8 Å². The molecule has 0 saturated heterocycles. The monoisotopic (exact) mass is 493 g/mol. The number of benzene rings is 3. The van der Waals surface area contributed by atoms with Gasteiger partial charge in [0, 0.05) is 21.9 Å². The van der Waals surface area contributed by atoms with Crippen molar-refractivity contribution >= 4 is 33.6 Å². The molecule has 0 fully saturated rings. The number of fused-ring (bicyclic) bond motifs is 3. The van der Waals surface area contributed by atoms with Gasteiger partial charge in [0.25, 0.3) is 5.56 Å². The van der Waals surface area contributed by atoms with Crippen LogP contribution in [0.5, 0.6) is 11.5 Å². The zero-order valence-electron chi connectivity index (χ0n) is 18.2. The zero-order valence-corrected chi connectivity index (χ0v) is 19.1. The second kappa shape index (κ2) is 8.92. The maximum Gasteiger partial charge on any atom is 0.354 e. The van der Waals surface area contributed by atoms with Gasteiger partial charge in [-0.05, 0) is 42.5 Å². The Bertz CT molecular complexity index is 1710. The van der Waals surface area contributed by atoms with Gasteiger partial charge in [0.2, 0.25) is 0 Å². The topological polar surface area (TPSA) is 81.7 Å². The van der Waals surface area contributed by atoms with Gasteiger partial charge in [-0.15, -0.1) is 0 Å². The predicted octanol–water partition coefficient (Wildman–Crippen LogP) is 5.30. The summed E-state index contributed by atoms with van der Waals surface area (Å²) in [7, 11) is 1.46. The third-order valence-corrected chi connectivity index (χ3v) is 6.65. The molecule has 2 heterocycles. The van der Waals surface area contributed by atoms with Gasteiger partial charge in [0.05, 0.1) is 19.2 Å². The van der Waals surface area contributed by atoms with E-state index in [0.29, 0.717) is 21.5 Å². The molecule has 2 aromatic heterocycles. The number of halogens is 2. The average molecular weight is 493 g/mol. The number of hydrogen-bond acceptors (Lipinski definition) is 6. The van der Waals surface area contributed by atoms with Crippen molar-refractivity contribution in [1.29, 1.82) is 0 Å². The highest BCUT2D eigenvalue weighted by Gasteiger charge is 2.23. The number of aromatic hydroxyl groups is 1. The summed E-state index contributed by atoms with van der Waals surface area (Å²) in [6.45, 7) is -0.135. The lowest BCUT2D eigenvalue weighted by Crippen LogP contribution is -2.23. The lowest BCUT2D eigenvalue weighted by molar-refractivity contribution is 0.415. The molecule has 0 unspecified atom stereocenters. The molecule has 0 spiro atoms. The normalized spacial score (nSPS) is 11.3. The number of aromatic nitrogens is 1. The van der Waals surface area contributed by atoms with Gasteiger partial charge < -0.3 is 18.8 Å². The Morgan fingerprint density at radius 2 is 1.77 bits per heavy atom. The van der Waals surface area contributed by atoms with E-state index in [4.69, 9.17) is 9.15 Å². The smallest absolute Gasteiger partial charge is 0.354 e.